The molecule has 1 fully saturated rings. The summed E-state index contributed by atoms with van der Waals surface area (Å²) in [5.74, 6) is -2.06. The van der Waals surface area contributed by atoms with Gasteiger partial charge in [-0.3, -0.25) is 19.6 Å². The summed E-state index contributed by atoms with van der Waals surface area (Å²) < 4.78 is 0. The molecule has 1 unspecified atom stereocenters. The molecule has 0 aliphatic heterocycles. The van der Waals surface area contributed by atoms with Gasteiger partial charge >= 0.3 is 0 Å². The van der Waals surface area contributed by atoms with Gasteiger partial charge < -0.3 is 10.2 Å². The van der Waals surface area contributed by atoms with Crippen LogP contribution < -0.4 is 10.8 Å². The summed E-state index contributed by atoms with van der Waals surface area (Å²) in [5, 5.41) is 11.6. The predicted molar refractivity (Wildman–Crippen MR) is 98.9 cm³/mol. The number of hydroxylamine groups is 1. The minimum absolute atomic E-state index is 0.0279. The summed E-state index contributed by atoms with van der Waals surface area (Å²) in [6.07, 6.45) is 1.69. The van der Waals surface area contributed by atoms with E-state index in [4.69, 9.17) is 5.21 Å². The summed E-state index contributed by atoms with van der Waals surface area (Å²) >= 11 is 0. The number of hydrogen-bond acceptors (Lipinski definition) is 4. The molecular formula is C20H21N3O4. The Hall–Kier alpha value is -3.19. The van der Waals surface area contributed by atoms with Crippen LogP contribution in [0.2, 0.25) is 0 Å². The quantitative estimate of drug-likeness (QED) is 0.410. The molecule has 0 spiro atoms. The molecule has 1 saturated carbocycles. The molecule has 0 radical (unpaired) electrons. The molecule has 7 heteroatoms. The Morgan fingerprint density at radius 3 is 2.11 bits per heavy atom. The van der Waals surface area contributed by atoms with Gasteiger partial charge in [-0.2, -0.15) is 0 Å². The lowest BCUT2D eigenvalue weighted by Crippen LogP contribution is -2.55. The zero-order valence-electron chi connectivity index (χ0n) is 14.9. The van der Waals surface area contributed by atoms with E-state index in [0.717, 1.165) is 28.9 Å². The second-order valence-electron chi connectivity index (χ2n) is 6.52. The van der Waals surface area contributed by atoms with Crippen molar-refractivity contribution in [1.82, 2.24) is 15.7 Å². The van der Waals surface area contributed by atoms with Gasteiger partial charge in [0.05, 0.1) is 0 Å². The normalized spacial score (nSPS) is 14.1. The Kier molecular flexibility index (Phi) is 5.52. The van der Waals surface area contributed by atoms with Gasteiger partial charge in [0.1, 0.15) is 0 Å². The molecule has 27 heavy (non-hydrogen) atoms. The van der Waals surface area contributed by atoms with Crippen LogP contribution in [-0.4, -0.2) is 47.0 Å². The Labute approximate surface area is 156 Å². The van der Waals surface area contributed by atoms with E-state index in [2.05, 4.69) is 5.32 Å². The summed E-state index contributed by atoms with van der Waals surface area (Å²) in [7, 11) is 1.36. The third-order valence-corrected chi connectivity index (χ3v) is 4.48. The second-order valence-corrected chi connectivity index (χ2v) is 6.52. The van der Waals surface area contributed by atoms with E-state index in [1.807, 2.05) is 42.5 Å². The van der Waals surface area contributed by atoms with Crippen molar-refractivity contribution in [3.63, 3.8) is 0 Å². The molecule has 140 valence electrons. The highest BCUT2D eigenvalue weighted by Crippen LogP contribution is 2.21. The lowest BCUT2D eigenvalue weighted by Gasteiger charge is -2.25. The van der Waals surface area contributed by atoms with E-state index < -0.39 is 23.8 Å². The van der Waals surface area contributed by atoms with Crippen LogP contribution in [0.25, 0.3) is 11.1 Å². The van der Waals surface area contributed by atoms with E-state index in [9.17, 15) is 14.4 Å². The van der Waals surface area contributed by atoms with Crippen LogP contribution in [0.1, 0.15) is 23.2 Å². The molecule has 0 saturated heterocycles. The summed E-state index contributed by atoms with van der Waals surface area (Å²) in [5.41, 5.74) is 3.77. The number of carbonyl (C=O) groups is 3. The molecule has 7 nitrogen and oxygen atoms in total. The number of carbonyl (C=O) groups excluding carboxylic acids is 3. The molecule has 0 aromatic heterocycles. The van der Waals surface area contributed by atoms with Crippen LogP contribution in [0.4, 0.5) is 0 Å². The Bertz CT molecular complexity index is 832. The van der Waals surface area contributed by atoms with Gasteiger partial charge in [-0.15, -0.1) is 0 Å². The first-order valence-corrected chi connectivity index (χ1v) is 8.68. The van der Waals surface area contributed by atoms with Gasteiger partial charge in [0.2, 0.25) is 0 Å². The van der Waals surface area contributed by atoms with Gasteiger partial charge in [0.25, 0.3) is 17.7 Å². The highest BCUT2D eigenvalue weighted by atomic mass is 16.5. The molecule has 1 aliphatic carbocycles. The van der Waals surface area contributed by atoms with Crippen molar-refractivity contribution < 1.29 is 19.6 Å². The molecule has 0 bridgehead atoms. The lowest BCUT2D eigenvalue weighted by atomic mass is 10.0. The zero-order valence-corrected chi connectivity index (χ0v) is 14.9. The predicted octanol–water partition coefficient (Wildman–Crippen LogP) is 1.58. The minimum atomic E-state index is -1.45. The molecule has 3 N–H and O–H groups in total. The number of likely N-dealkylation sites (N-methyl/N-ethyl adjacent to an activating group) is 1. The monoisotopic (exact) mass is 367 g/mol. The maximum Gasteiger partial charge on any atom is 0.275 e. The first-order chi connectivity index (χ1) is 13.0. The highest BCUT2D eigenvalue weighted by Gasteiger charge is 2.36. The largest absolute Gasteiger partial charge is 0.351 e. The molecular weight excluding hydrogens is 346 g/mol. The van der Waals surface area contributed by atoms with Crippen LogP contribution in [0.3, 0.4) is 0 Å². The zero-order chi connectivity index (χ0) is 19.4. The molecule has 1 atom stereocenters. The Morgan fingerprint density at radius 1 is 0.963 bits per heavy atom. The van der Waals surface area contributed by atoms with Crippen molar-refractivity contribution >= 4 is 17.7 Å². The fraction of sp³-hybridized carbons (Fsp3) is 0.250. The van der Waals surface area contributed by atoms with Crippen LogP contribution >= 0.6 is 0 Å². The third kappa shape index (κ3) is 4.32. The lowest BCUT2D eigenvalue weighted by molar-refractivity contribution is -0.141. The topological polar surface area (TPSA) is 98.7 Å². The van der Waals surface area contributed by atoms with Crippen molar-refractivity contribution in [3.05, 3.63) is 60.2 Å². The van der Waals surface area contributed by atoms with E-state index >= 15 is 0 Å². The van der Waals surface area contributed by atoms with Crippen molar-refractivity contribution in [1.29, 1.82) is 0 Å². The van der Waals surface area contributed by atoms with E-state index in [1.54, 1.807) is 12.1 Å². The fourth-order valence-corrected chi connectivity index (χ4v) is 2.80. The van der Waals surface area contributed by atoms with Crippen molar-refractivity contribution in [2.75, 3.05) is 7.05 Å². The first kappa shape index (κ1) is 18.6. The van der Waals surface area contributed by atoms with Crippen molar-refractivity contribution in [3.8, 4) is 11.1 Å². The van der Waals surface area contributed by atoms with Gasteiger partial charge in [-0.25, -0.2) is 5.48 Å². The van der Waals surface area contributed by atoms with Crippen LogP contribution in [0.5, 0.6) is 0 Å². The minimum Gasteiger partial charge on any atom is -0.351 e. The first-order valence-electron chi connectivity index (χ1n) is 8.68. The van der Waals surface area contributed by atoms with Gasteiger partial charge in [-0.1, -0.05) is 42.5 Å². The molecule has 2 aromatic carbocycles. The van der Waals surface area contributed by atoms with E-state index in [1.165, 1.54) is 12.5 Å². The summed E-state index contributed by atoms with van der Waals surface area (Å²) in [6, 6.07) is 15.2. The van der Waals surface area contributed by atoms with Gasteiger partial charge in [0, 0.05) is 18.7 Å². The van der Waals surface area contributed by atoms with Gasteiger partial charge in [0.15, 0.2) is 6.04 Å². The van der Waals surface area contributed by atoms with E-state index in [-0.39, 0.29) is 6.04 Å². The average molecular weight is 367 g/mol. The third-order valence-electron chi connectivity index (χ3n) is 4.48. The SMILES string of the molecule is CN(C(=O)c1ccc(-c2ccccc2)cc1)C(C(=O)NO)C(=O)NC1CC1. The fourth-order valence-electron chi connectivity index (χ4n) is 2.80. The number of nitrogens with zero attached hydrogens (tertiary/aromatic N) is 1. The van der Waals surface area contributed by atoms with Crippen molar-refractivity contribution in [2.45, 2.75) is 24.9 Å². The molecule has 1 aliphatic rings. The standard InChI is InChI=1S/C20H21N3O4/c1-23(17(19(25)22-27)18(24)21-16-11-12-16)20(26)15-9-7-14(8-10-15)13-5-3-2-4-6-13/h2-10,16-17,27H,11-12H2,1H3,(H,21,24)(H,22,25). The molecule has 2 aromatic rings. The van der Waals surface area contributed by atoms with Gasteiger partial charge in [-0.05, 0) is 36.1 Å². The smallest absolute Gasteiger partial charge is 0.275 e. The number of hydrogen-bond donors (Lipinski definition) is 3. The second kappa shape index (κ2) is 8.01. The molecule has 0 heterocycles. The van der Waals surface area contributed by atoms with Crippen LogP contribution in [0.15, 0.2) is 54.6 Å². The number of nitrogens with one attached hydrogen (secondary N) is 2. The maximum absolute atomic E-state index is 12.7. The molecule has 3 rings (SSSR count). The highest BCUT2D eigenvalue weighted by molar-refractivity contribution is 6.08. The van der Waals surface area contributed by atoms with Crippen LogP contribution in [0, 0.1) is 0 Å². The number of amides is 3. The average Bonchev–Trinajstić information content (AvgIpc) is 3.52. The Morgan fingerprint density at radius 2 is 1.56 bits per heavy atom. The number of benzene rings is 2. The summed E-state index contributed by atoms with van der Waals surface area (Å²) in [6.45, 7) is 0. The maximum atomic E-state index is 12.7. The van der Waals surface area contributed by atoms with Crippen LogP contribution in [-0.2, 0) is 9.59 Å². The number of rotatable bonds is 6. The molecule has 3 amide bonds. The summed E-state index contributed by atoms with van der Waals surface area (Å²) in [4.78, 5) is 38.1. The Balaban J connectivity index is 1.77. The van der Waals surface area contributed by atoms with E-state index in [0.29, 0.717) is 5.56 Å². The van der Waals surface area contributed by atoms with Crippen molar-refractivity contribution in [2.24, 2.45) is 0 Å².